The zero-order valence-corrected chi connectivity index (χ0v) is 11.6. The van der Waals surface area contributed by atoms with Crippen molar-refractivity contribution in [3.63, 3.8) is 0 Å². The van der Waals surface area contributed by atoms with Gasteiger partial charge in [-0.15, -0.1) is 0 Å². The predicted octanol–water partition coefficient (Wildman–Crippen LogP) is 3.64. The molecule has 2 aromatic carbocycles. The van der Waals surface area contributed by atoms with Crippen LogP contribution in [0.5, 0.6) is 5.75 Å². The summed E-state index contributed by atoms with van der Waals surface area (Å²) in [5.74, 6) is 0.876. The van der Waals surface area contributed by atoms with E-state index >= 15 is 0 Å². The van der Waals surface area contributed by atoms with Gasteiger partial charge in [-0.25, -0.2) is 0 Å². The molecule has 0 aliphatic carbocycles. The first-order valence-electron chi connectivity index (χ1n) is 6.73. The van der Waals surface area contributed by atoms with Crippen LogP contribution < -0.4 is 10.5 Å². The quantitative estimate of drug-likeness (QED) is 0.885. The highest BCUT2D eigenvalue weighted by Crippen LogP contribution is 2.16. The second-order valence-electron chi connectivity index (χ2n) is 4.83. The summed E-state index contributed by atoms with van der Waals surface area (Å²) in [5, 5.41) is 0. The molecule has 0 radical (unpaired) electrons. The number of aryl methyl sites for hydroxylation is 2. The second kappa shape index (κ2) is 6.39. The Hall–Kier alpha value is -1.80. The normalized spacial score (nSPS) is 12.2. The summed E-state index contributed by atoms with van der Waals surface area (Å²) in [5.41, 5.74) is 9.79. The zero-order valence-electron chi connectivity index (χ0n) is 11.6. The first kappa shape index (κ1) is 13.6. The van der Waals surface area contributed by atoms with Gasteiger partial charge in [0.15, 0.2) is 0 Å². The van der Waals surface area contributed by atoms with Crippen LogP contribution in [0.1, 0.15) is 29.7 Å². The van der Waals surface area contributed by atoms with Crippen LogP contribution in [0.15, 0.2) is 48.5 Å². The highest BCUT2D eigenvalue weighted by molar-refractivity contribution is 5.28. The molecule has 1 atom stereocenters. The Labute approximate surface area is 115 Å². The summed E-state index contributed by atoms with van der Waals surface area (Å²) in [6.07, 6.45) is 1.05. The van der Waals surface area contributed by atoms with Gasteiger partial charge in [-0.2, -0.15) is 0 Å². The van der Waals surface area contributed by atoms with Crippen LogP contribution >= 0.6 is 0 Å². The Morgan fingerprint density at radius 2 is 1.84 bits per heavy atom. The van der Waals surface area contributed by atoms with Crippen LogP contribution in [0, 0.1) is 6.92 Å². The lowest BCUT2D eigenvalue weighted by molar-refractivity contribution is 0.290. The molecule has 0 fully saturated rings. The topological polar surface area (TPSA) is 35.2 Å². The van der Waals surface area contributed by atoms with Crippen LogP contribution in [0.4, 0.5) is 0 Å². The SMILES string of the molecule is CCc1ccc(C(N)COc2cccc(C)c2)cc1. The minimum Gasteiger partial charge on any atom is -0.492 e. The molecule has 0 aromatic heterocycles. The van der Waals surface area contributed by atoms with E-state index in [-0.39, 0.29) is 6.04 Å². The van der Waals surface area contributed by atoms with Gasteiger partial charge in [0.1, 0.15) is 12.4 Å². The summed E-state index contributed by atoms with van der Waals surface area (Å²) >= 11 is 0. The Bertz CT molecular complexity index is 519. The lowest BCUT2D eigenvalue weighted by atomic mass is 10.1. The fraction of sp³-hybridized carbons (Fsp3) is 0.294. The Morgan fingerprint density at radius 3 is 2.47 bits per heavy atom. The Morgan fingerprint density at radius 1 is 1.11 bits per heavy atom. The van der Waals surface area contributed by atoms with Crippen LogP contribution in [-0.4, -0.2) is 6.61 Å². The van der Waals surface area contributed by atoms with Crippen molar-refractivity contribution in [2.45, 2.75) is 26.3 Å². The molecule has 0 saturated heterocycles. The van der Waals surface area contributed by atoms with E-state index in [1.807, 2.05) is 18.2 Å². The summed E-state index contributed by atoms with van der Waals surface area (Å²) in [7, 11) is 0. The average molecular weight is 255 g/mol. The van der Waals surface area contributed by atoms with Crippen molar-refractivity contribution >= 4 is 0 Å². The number of benzene rings is 2. The number of rotatable bonds is 5. The van der Waals surface area contributed by atoms with Gasteiger partial charge in [0.2, 0.25) is 0 Å². The van der Waals surface area contributed by atoms with E-state index in [0.717, 1.165) is 17.7 Å². The molecule has 100 valence electrons. The number of hydrogen-bond acceptors (Lipinski definition) is 2. The van der Waals surface area contributed by atoms with Crippen molar-refractivity contribution in [1.29, 1.82) is 0 Å². The van der Waals surface area contributed by atoms with Crippen LogP contribution in [0.3, 0.4) is 0 Å². The average Bonchev–Trinajstić information content (AvgIpc) is 2.45. The maximum atomic E-state index is 6.15. The maximum absolute atomic E-state index is 6.15. The zero-order chi connectivity index (χ0) is 13.7. The highest BCUT2D eigenvalue weighted by atomic mass is 16.5. The molecule has 2 rings (SSSR count). The highest BCUT2D eigenvalue weighted by Gasteiger charge is 2.06. The number of ether oxygens (including phenoxy) is 1. The van der Waals surface area contributed by atoms with Crippen molar-refractivity contribution < 1.29 is 4.74 Å². The van der Waals surface area contributed by atoms with Crippen molar-refractivity contribution in [2.24, 2.45) is 5.73 Å². The van der Waals surface area contributed by atoms with Crippen molar-refractivity contribution in [2.75, 3.05) is 6.61 Å². The minimum absolute atomic E-state index is 0.0913. The molecule has 0 aliphatic rings. The van der Waals surface area contributed by atoms with Gasteiger partial charge in [0, 0.05) is 0 Å². The number of nitrogens with two attached hydrogens (primary N) is 1. The lowest BCUT2D eigenvalue weighted by Crippen LogP contribution is -2.19. The van der Waals surface area contributed by atoms with Gasteiger partial charge >= 0.3 is 0 Å². The maximum Gasteiger partial charge on any atom is 0.119 e. The van der Waals surface area contributed by atoms with Crippen LogP contribution in [0.2, 0.25) is 0 Å². The van der Waals surface area contributed by atoms with Gasteiger partial charge in [-0.1, -0.05) is 43.3 Å². The smallest absolute Gasteiger partial charge is 0.119 e. The number of hydrogen-bond donors (Lipinski definition) is 1. The standard InChI is InChI=1S/C17H21NO/c1-3-14-7-9-15(10-8-14)17(18)12-19-16-6-4-5-13(2)11-16/h4-11,17H,3,12,18H2,1-2H3. The first-order chi connectivity index (χ1) is 9.19. The summed E-state index contributed by atoms with van der Waals surface area (Å²) in [4.78, 5) is 0. The molecule has 19 heavy (non-hydrogen) atoms. The van der Waals surface area contributed by atoms with Crippen molar-refractivity contribution in [3.8, 4) is 5.75 Å². The molecule has 2 heteroatoms. The van der Waals surface area contributed by atoms with Crippen molar-refractivity contribution in [3.05, 3.63) is 65.2 Å². The molecule has 0 bridgehead atoms. The van der Waals surface area contributed by atoms with E-state index in [0.29, 0.717) is 6.61 Å². The van der Waals surface area contributed by atoms with E-state index in [1.54, 1.807) is 0 Å². The molecule has 0 aliphatic heterocycles. The van der Waals surface area contributed by atoms with Gasteiger partial charge in [-0.05, 0) is 42.2 Å². The Balaban J connectivity index is 1.95. The third kappa shape index (κ3) is 3.83. The van der Waals surface area contributed by atoms with E-state index in [1.165, 1.54) is 11.1 Å². The second-order valence-corrected chi connectivity index (χ2v) is 4.83. The predicted molar refractivity (Wildman–Crippen MR) is 79.4 cm³/mol. The molecular weight excluding hydrogens is 234 g/mol. The van der Waals surface area contributed by atoms with E-state index in [9.17, 15) is 0 Å². The summed E-state index contributed by atoms with van der Waals surface area (Å²) in [6, 6.07) is 16.4. The molecule has 2 aromatic rings. The van der Waals surface area contributed by atoms with Gasteiger partial charge in [-0.3, -0.25) is 0 Å². The molecule has 1 unspecified atom stereocenters. The fourth-order valence-corrected chi connectivity index (χ4v) is 1.99. The third-order valence-corrected chi connectivity index (χ3v) is 3.24. The summed E-state index contributed by atoms with van der Waals surface area (Å²) < 4.78 is 5.73. The minimum atomic E-state index is -0.0913. The van der Waals surface area contributed by atoms with Crippen molar-refractivity contribution in [1.82, 2.24) is 0 Å². The largest absolute Gasteiger partial charge is 0.492 e. The van der Waals surface area contributed by atoms with E-state index in [4.69, 9.17) is 10.5 Å². The van der Waals surface area contributed by atoms with Gasteiger partial charge in [0.05, 0.1) is 6.04 Å². The Kier molecular flexibility index (Phi) is 4.58. The first-order valence-corrected chi connectivity index (χ1v) is 6.73. The van der Waals surface area contributed by atoms with Crippen LogP contribution in [0.25, 0.3) is 0 Å². The summed E-state index contributed by atoms with van der Waals surface area (Å²) in [6.45, 7) is 4.70. The van der Waals surface area contributed by atoms with Gasteiger partial charge < -0.3 is 10.5 Å². The third-order valence-electron chi connectivity index (χ3n) is 3.24. The molecule has 0 heterocycles. The molecule has 0 saturated carbocycles. The molecular formula is C17H21NO. The lowest BCUT2D eigenvalue weighted by Gasteiger charge is -2.14. The van der Waals surface area contributed by atoms with E-state index in [2.05, 4.69) is 44.2 Å². The van der Waals surface area contributed by atoms with E-state index < -0.39 is 0 Å². The molecule has 0 spiro atoms. The monoisotopic (exact) mass is 255 g/mol. The molecule has 2 N–H and O–H groups in total. The van der Waals surface area contributed by atoms with Gasteiger partial charge in [0.25, 0.3) is 0 Å². The van der Waals surface area contributed by atoms with Crippen LogP contribution in [-0.2, 0) is 6.42 Å². The molecule has 0 amide bonds. The molecule has 2 nitrogen and oxygen atoms in total. The fourth-order valence-electron chi connectivity index (χ4n) is 1.99.